The molecular formula is C32H64O4S2Sn. The maximum atomic E-state index is 12.1. The summed E-state index contributed by atoms with van der Waals surface area (Å²) in [4.78, 5) is 24.1. The van der Waals surface area contributed by atoms with Crippen LogP contribution in [0.1, 0.15) is 155 Å². The average Bonchev–Trinajstić information content (AvgIpc) is 2.95. The average molecular weight is 696 g/mol. The summed E-state index contributed by atoms with van der Waals surface area (Å²) in [6.45, 7) is 4.55. The Morgan fingerprint density at radius 2 is 0.769 bits per heavy atom. The van der Waals surface area contributed by atoms with Gasteiger partial charge in [-0.15, -0.1) is 0 Å². The van der Waals surface area contributed by atoms with Crippen LogP contribution < -0.4 is 0 Å². The van der Waals surface area contributed by atoms with Gasteiger partial charge in [0.2, 0.25) is 0 Å². The van der Waals surface area contributed by atoms with Crippen LogP contribution >= 0.6 is 17.9 Å². The molecule has 0 saturated carbocycles. The molecule has 39 heavy (non-hydrogen) atoms. The van der Waals surface area contributed by atoms with Crippen LogP contribution in [0.25, 0.3) is 0 Å². The molecule has 0 aromatic carbocycles. The Kier molecular flexibility index (Phi) is 30.3. The first-order valence-electron chi connectivity index (χ1n) is 16.4. The number of hydrogen-bond acceptors (Lipinski definition) is 6. The summed E-state index contributed by atoms with van der Waals surface area (Å²) in [6, 6.07) is 0. The minimum absolute atomic E-state index is 0.104. The zero-order chi connectivity index (χ0) is 28.9. The molecule has 0 saturated heterocycles. The Morgan fingerprint density at radius 1 is 0.487 bits per heavy atom. The molecule has 4 nitrogen and oxygen atoms in total. The molecule has 0 N–H and O–H groups in total. The van der Waals surface area contributed by atoms with Crippen LogP contribution in [-0.2, 0) is 19.1 Å². The third-order valence-corrected chi connectivity index (χ3v) is 38.1. The Bertz CT molecular complexity index is 514. The van der Waals surface area contributed by atoms with Crippen molar-refractivity contribution in [1.82, 2.24) is 0 Å². The van der Waals surface area contributed by atoms with Crippen molar-refractivity contribution >= 4 is 45.4 Å². The van der Waals surface area contributed by atoms with Crippen molar-refractivity contribution in [3.63, 3.8) is 0 Å². The quantitative estimate of drug-likeness (QED) is 0.0424. The number of carbonyl (C=O) groups excluding carboxylic acids is 2. The predicted molar refractivity (Wildman–Crippen MR) is 177 cm³/mol. The molecule has 0 heterocycles. The number of ether oxygens (including phenoxy) is 2. The molecule has 0 aliphatic carbocycles. The standard InChI is InChI=1S/2C12H26S.2C4H7O2.Sn/c2*1-2-3-4-5-6-7-8-9-10-11-12-13;2*1-3-4(5)6-2;/h2*13H,2-12H2,1H3;2*1,3H2,2H3;/q;;;;+2/p-2. The molecule has 0 atom stereocenters. The van der Waals surface area contributed by atoms with Crippen LogP contribution in [0.2, 0.25) is 8.87 Å². The number of methoxy groups -OCH3 is 2. The summed E-state index contributed by atoms with van der Waals surface area (Å²) in [5.41, 5.74) is 0. The number of carbonyl (C=O) groups is 2. The second-order valence-corrected chi connectivity index (χ2v) is 37.7. The van der Waals surface area contributed by atoms with E-state index in [2.05, 4.69) is 31.7 Å². The normalized spacial score (nSPS) is 11.6. The molecule has 232 valence electrons. The zero-order valence-electron chi connectivity index (χ0n) is 26.3. The summed E-state index contributed by atoms with van der Waals surface area (Å²) in [6.07, 6.45) is 28.1. The summed E-state index contributed by atoms with van der Waals surface area (Å²) in [7, 11) is 7.36. The van der Waals surface area contributed by atoms with Crippen LogP contribution in [0.3, 0.4) is 0 Å². The summed E-state index contributed by atoms with van der Waals surface area (Å²) >= 11 is -2.82. The second-order valence-electron chi connectivity index (χ2n) is 11.1. The van der Waals surface area contributed by atoms with Gasteiger partial charge in [0, 0.05) is 0 Å². The first-order valence-corrected chi connectivity index (χ1v) is 29.4. The third-order valence-electron chi connectivity index (χ3n) is 7.60. The van der Waals surface area contributed by atoms with Crippen molar-refractivity contribution in [3.8, 4) is 0 Å². The molecular weight excluding hydrogens is 631 g/mol. The van der Waals surface area contributed by atoms with E-state index in [1.165, 1.54) is 154 Å². The fraction of sp³-hybridized carbons (Fsp3) is 0.938. The molecule has 0 aromatic heterocycles. The minimum atomic E-state index is -2.82. The van der Waals surface area contributed by atoms with E-state index < -0.39 is 15.6 Å². The smallest absolute Gasteiger partial charge is 0.0654 e. The minimum Gasteiger partial charge on any atom is -0.0654 e. The van der Waals surface area contributed by atoms with E-state index >= 15 is 0 Å². The van der Waals surface area contributed by atoms with Gasteiger partial charge in [0.15, 0.2) is 0 Å². The SMILES string of the molecule is CCCCCCCCCCCC[S][Sn]([CH2]CC(=O)OC)([CH2]CC(=O)OC)[S]CCCCCCCCCCCC. The van der Waals surface area contributed by atoms with E-state index in [-0.39, 0.29) is 11.9 Å². The van der Waals surface area contributed by atoms with E-state index in [4.69, 9.17) is 9.47 Å². The van der Waals surface area contributed by atoms with Gasteiger partial charge in [-0.3, -0.25) is 0 Å². The maximum absolute atomic E-state index is 12.1. The summed E-state index contributed by atoms with van der Waals surface area (Å²) < 4.78 is 11.9. The van der Waals surface area contributed by atoms with Gasteiger partial charge >= 0.3 is 240 Å². The number of unbranched alkanes of at least 4 members (excludes halogenated alkanes) is 18. The zero-order valence-corrected chi connectivity index (χ0v) is 30.8. The fourth-order valence-electron chi connectivity index (χ4n) is 4.94. The molecule has 0 unspecified atom stereocenters. The molecule has 0 rings (SSSR count). The van der Waals surface area contributed by atoms with E-state index in [1.807, 2.05) is 0 Å². The van der Waals surface area contributed by atoms with Crippen LogP contribution in [0.4, 0.5) is 0 Å². The van der Waals surface area contributed by atoms with Crippen molar-refractivity contribution in [1.29, 1.82) is 0 Å². The number of hydrogen-bond donors (Lipinski definition) is 0. The Hall–Kier alpha value is 0.439. The molecule has 0 aromatic rings. The molecule has 0 aliphatic rings. The van der Waals surface area contributed by atoms with Gasteiger partial charge in [-0.05, 0) is 0 Å². The first kappa shape index (κ1) is 39.4. The van der Waals surface area contributed by atoms with Gasteiger partial charge in [0.25, 0.3) is 0 Å². The van der Waals surface area contributed by atoms with Crippen molar-refractivity contribution in [2.45, 2.75) is 164 Å². The topological polar surface area (TPSA) is 52.6 Å². The van der Waals surface area contributed by atoms with Gasteiger partial charge in [-0.1, -0.05) is 13.8 Å². The number of esters is 2. The molecule has 0 aliphatic heterocycles. The Morgan fingerprint density at radius 3 is 1.05 bits per heavy atom. The third kappa shape index (κ3) is 25.8. The van der Waals surface area contributed by atoms with E-state index in [0.29, 0.717) is 12.8 Å². The molecule has 0 fully saturated rings. The van der Waals surface area contributed by atoms with Gasteiger partial charge < -0.3 is 0 Å². The van der Waals surface area contributed by atoms with Gasteiger partial charge in [-0.2, -0.15) is 0 Å². The molecule has 7 heteroatoms. The van der Waals surface area contributed by atoms with Gasteiger partial charge in [-0.25, -0.2) is 0 Å². The van der Waals surface area contributed by atoms with Crippen LogP contribution in [-0.4, -0.2) is 53.3 Å². The van der Waals surface area contributed by atoms with Crippen molar-refractivity contribution in [3.05, 3.63) is 0 Å². The van der Waals surface area contributed by atoms with E-state index in [0.717, 1.165) is 8.87 Å². The van der Waals surface area contributed by atoms with Crippen LogP contribution in [0.5, 0.6) is 0 Å². The van der Waals surface area contributed by atoms with Crippen molar-refractivity contribution in [2.24, 2.45) is 0 Å². The second kappa shape index (κ2) is 29.9. The summed E-state index contributed by atoms with van der Waals surface area (Å²) in [5.74, 6) is 2.15. The fourth-order valence-corrected chi connectivity index (χ4v) is 33.4. The molecule has 0 spiro atoms. The van der Waals surface area contributed by atoms with Crippen molar-refractivity contribution < 1.29 is 19.1 Å². The van der Waals surface area contributed by atoms with Gasteiger partial charge in [0.05, 0.1) is 0 Å². The monoisotopic (exact) mass is 696 g/mol. The molecule has 0 amide bonds. The van der Waals surface area contributed by atoms with Crippen LogP contribution in [0, 0.1) is 0 Å². The Labute approximate surface area is 252 Å². The van der Waals surface area contributed by atoms with Gasteiger partial charge in [0.1, 0.15) is 0 Å². The number of rotatable bonds is 30. The van der Waals surface area contributed by atoms with E-state index in [9.17, 15) is 9.59 Å². The summed E-state index contributed by atoms with van der Waals surface area (Å²) in [5, 5.41) is 0. The van der Waals surface area contributed by atoms with E-state index in [1.54, 1.807) is 0 Å². The first-order chi connectivity index (χ1) is 19.0. The molecule has 0 radical (unpaired) electrons. The van der Waals surface area contributed by atoms with Crippen molar-refractivity contribution in [2.75, 3.05) is 25.7 Å². The predicted octanol–water partition coefficient (Wildman–Crippen LogP) is 10.9. The Balaban J connectivity index is 4.57. The van der Waals surface area contributed by atoms with Crippen LogP contribution in [0.15, 0.2) is 0 Å². The molecule has 0 bridgehead atoms.